The number of carbonyl (C=O) groups excluding carboxylic acids is 1. The van der Waals surface area contributed by atoms with E-state index < -0.39 is 5.97 Å². The number of thiophene rings is 1. The minimum Gasteiger partial charge on any atom is -0.478 e. The van der Waals surface area contributed by atoms with Crippen LogP contribution in [0.5, 0.6) is 0 Å². The van der Waals surface area contributed by atoms with Gasteiger partial charge in [0.25, 0.3) is 5.91 Å². The van der Waals surface area contributed by atoms with Crippen molar-refractivity contribution in [1.82, 2.24) is 4.90 Å². The molecule has 108 valence electrons. The molecule has 1 fully saturated rings. The van der Waals surface area contributed by atoms with Crippen LogP contribution in [0.4, 0.5) is 0 Å². The molecule has 0 saturated carbocycles. The number of hydrogen-bond acceptors (Lipinski definition) is 4. The molecule has 1 N–H and O–H groups in total. The van der Waals surface area contributed by atoms with E-state index in [0.717, 1.165) is 25.5 Å². The average molecular weight is 295 g/mol. The summed E-state index contributed by atoms with van der Waals surface area (Å²) in [7, 11) is 1.66. The summed E-state index contributed by atoms with van der Waals surface area (Å²) in [5, 5.41) is 10.5. The normalized spacial score (nSPS) is 19.4. The van der Waals surface area contributed by atoms with E-state index in [-0.39, 0.29) is 12.0 Å². The van der Waals surface area contributed by atoms with Gasteiger partial charge >= 0.3 is 5.97 Å². The highest BCUT2D eigenvalue weighted by Gasteiger charge is 2.25. The highest BCUT2D eigenvalue weighted by molar-refractivity contribution is 7.12. The molecule has 1 saturated heterocycles. The molecule has 2 rings (SSSR count). The fourth-order valence-corrected chi connectivity index (χ4v) is 3.10. The van der Waals surface area contributed by atoms with Gasteiger partial charge in [-0.3, -0.25) is 4.79 Å². The lowest BCUT2D eigenvalue weighted by Crippen LogP contribution is -2.42. The van der Waals surface area contributed by atoms with Crippen LogP contribution in [0, 0.1) is 0 Å². The Balaban J connectivity index is 2.13. The number of nitrogens with zero attached hydrogens (tertiary/aromatic N) is 1. The van der Waals surface area contributed by atoms with Gasteiger partial charge in [-0.2, -0.15) is 0 Å². The Morgan fingerprint density at radius 2 is 2.35 bits per heavy atom. The molecule has 1 amide bonds. The summed E-state index contributed by atoms with van der Waals surface area (Å²) in [6.45, 7) is 1.31. The minimum atomic E-state index is -1.02. The largest absolute Gasteiger partial charge is 0.478 e. The van der Waals surface area contributed by atoms with Gasteiger partial charge in [0.15, 0.2) is 0 Å². The lowest BCUT2D eigenvalue weighted by atomic mass is 10.1. The zero-order valence-corrected chi connectivity index (χ0v) is 12.1. The molecule has 1 aliphatic rings. The molecule has 2 heterocycles. The Morgan fingerprint density at radius 3 is 3.05 bits per heavy atom. The number of methoxy groups -OCH3 is 1. The van der Waals surface area contributed by atoms with Crippen LogP contribution in [0.2, 0.25) is 0 Å². The van der Waals surface area contributed by atoms with Gasteiger partial charge in [0.1, 0.15) is 0 Å². The van der Waals surface area contributed by atoms with E-state index in [1.165, 1.54) is 17.4 Å². The second-order valence-corrected chi connectivity index (χ2v) is 5.54. The van der Waals surface area contributed by atoms with Gasteiger partial charge in [-0.25, -0.2) is 4.79 Å². The number of rotatable bonds is 4. The highest BCUT2D eigenvalue weighted by atomic mass is 32.1. The van der Waals surface area contributed by atoms with Crippen molar-refractivity contribution in [2.45, 2.75) is 18.9 Å². The fourth-order valence-electron chi connectivity index (χ4n) is 2.24. The zero-order chi connectivity index (χ0) is 14.5. The Kier molecular flexibility index (Phi) is 4.92. The third kappa shape index (κ3) is 3.46. The Bertz CT molecular complexity index is 523. The molecule has 0 spiro atoms. The highest BCUT2D eigenvalue weighted by Crippen LogP contribution is 2.23. The maximum absolute atomic E-state index is 12.5. The smallest absolute Gasteiger partial charge is 0.328 e. The van der Waals surface area contributed by atoms with Crippen LogP contribution < -0.4 is 0 Å². The molecule has 0 radical (unpaired) electrons. The van der Waals surface area contributed by atoms with Gasteiger partial charge in [0.05, 0.1) is 11.0 Å². The molecule has 1 aliphatic heterocycles. The van der Waals surface area contributed by atoms with Crippen molar-refractivity contribution in [2.75, 3.05) is 20.2 Å². The number of amides is 1. The van der Waals surface area contributed by atoms with Gasteiger partial charge in [-0.15, -0.1) is 11.3 Å². The van der Waals surface area contributed by atoms with Crippen molar-refractivity contribution >= 4 is 29.3 Å². The first-order valence-corrected chi connectivity index (χ1v) is 7.30. The summed E-state index contributed by atoms with van der Waals surface area (Å²) in [4.78, 5) is 25.4. The molecule has 1 unspecified atom stereocenters. The van der Waals surface area contributed by atoms with Gasteiger partial charge in [0, 0.05) is 26.3 Å². The number of aliphatic carboxylic acids is 1. The number of carbonyl (C=O) groups is 2. The number of carboxylic acid groups (broad SMARTS) is 1. The number of carboxylic acids is 1. The molecule has 1 aromatic rings. The van der Waals surface area contributed by atoms with E-state index in [1.54, 1.807) is 23.5 Å². The number of piperidine rings is 1. The summed E-state index contributed by atoms with van der Waals surface area (Å²) in [6, 6.07) is 1.76. The Hall–Kier alpha value is -1.66. The van der Waals surface area contributed by atoms with Crippen molar-refractivity contribution in [3.8, 4) is 0 Å². The molecule has 5 nitrogen and oxygen atoms in total. The minimum absolute atomic E-state index is 0.0493. The van der Waals surface area contributed by atoms with Crippen LogP contribution in [-0.2, 0) is 9.53 Å². The maximum atomic E-state index is 12.5. The molecular formula is C14H17NO4S. The van der Waals surface area contributed by atoms with Crippen LogP contribution >= 0.6 is 11.3 Å². The van der Waals surface area contributed by atoms with E-state index in [2.05, 4.69) is 0 Å². The van der Waals surface area contributed by atoms with Crippen molar-refractivity contribution < 1.29 is 19.4 Å². The second-order valence-electron chi connectivity index (χ2n) is 4.63. The topological polar surface area (TPSA) is 66.8 Å². The molecule has 6 heteroatoms. The lowest BCUT2D eigenvalue weighted by Gasteiger charge is -2.31. The molecule has 1 aromatic heterocycles. The standard InChI is InChI=1S/C14H17NO4S/c1-19-11-3-2-7-15(9-11)14(18)13-10(6-8-20-13)4-5-12(16)17/h4-6,8,11H,2-3,7,9H2,1H3,(H,16,17)/b5-4+. The Labute approximate surface area is 121 Å². The first-order chi connectivity index (χ1) is 9.61. The predicted octanol–water partition coefficient (Wildman–Crippen LogP) is 2.10. The van der Waals surface area contributed by atoms with Gasteiger partial charge in [0.2, 0.25) is 0 Å². The molecule has 0 aromatic carbocycles. The number of ether oxygens (including phenoxy) is 1. The average Bonchev–Trinajstić information content (AvgIpc) is 2.92. The van der Waals surface area contributed by atoms with Gasteiger partial charge in [-0.05, 0) is 35.9 Å². The van der Waals surface area contributed by atoms with Crippen LogP contribution in [0.3, 0.4) is 0 Å². The molecule has 20 heavy (non-hydrogen) atoms. The summed E-state index contributed by atoms with van der Waals surface area (Å²) < 4.78 is 5.32. The fraction of sp³-hybridized carbons (Fsp3) is 0.429. The van der Waals surface area contributed by atoms with E-state index >= 15 is 0 Å². The summed E-state index contributed by atoms with van der Waals surface area (Å²) in [5.41, 5.74) is 0.655. The lowest BCUT2D eigenvalue weighted by molar-refractivity contribution is -0.131. The first kappa shape index (κ1) is 14.7. The van der Waals surface area contributed by atoms with Crippen LogP contribution in [-0.4, -0.2) is 48.2 Å². The van der Waals surface area contributed by atoms with Crippen molar-refractivity contribution in [2.24, 2.45) is 0 Å². The van der Waals surface area contributed by atoms with Crippen LogP contribution in [0.15, 0.2) is 17.5 Å². The molecular weight excluding hydrogens is 278 g/mol. The van der Waals surface area contributed by atoms with Crippen molar-refractivity contribution in [1.29, 1.82) is 0 Å². The zero-order valence-electron chi connectivity index (χ0n) is 11.2. The first-order valence-electron chi connectivity index (χ1n) is 6.42. The van der Waals surface area contributed by atoms with E-state index in [0.29, 0.717) is 17.0 Å². The van der Waals surface area contributed by atoms with E-state index in [4.69, 9.17) is 9.84 Å². The van der Waals surface area contributed by atoms with Crippen LogP contribution in [0.25, 0.3) is 6.08 Å². The quantitative estimate of drug-likeness (QED) is 0.864. The predicted molar refractivity (Wildman–Crippen MR) is 76.9 cm³/mol. The SMILES string of the molecule is COC1CCCN(C(=O)c2sccc2/C=C/C(=O)O)C1. The van der Waals surface area contributed by atoms with E-state index in [9.17, 15) is 9.59 Å². The number of hydrogen-bond donors (Lipinski definition) is 1. The summed E-state index contributed by atoms with van der Waals surface area (Å²) in [5.74, 6) is -1.07. The maximum Gasteiger partial charge on any atom is 0.328 e. The van der Waals surface area contributed by atoms with Gasteiger partial charge in [-0.1, -0.05) is 0 Å². The summed E-state index contributed by atoms with van der Waals surface area (Å²) in [6.07, 6.45) is 4.49. The monoisotopic (exact) mass is 295 g/mol. The third-order valence-electron chi connectivity index (χ3n) is 3.29. The molecule has 1 atom stereocenters. The van der Waals surface area contributed by atoms with Crippen molar-refractivity contribution in [3.05, 3.63) is 28.0 Å². The van der Waals surface area contributed by atoms with Crippen LogP contribution in [0.1, 0.15) is 28.1 Å². The molecule has 0 bridgehead atoms. The molecule has 0 aliphatic carbocycles. The third-order valence-corrected chi connectivity index (χ3v) is 4.21. The van der Waals surface area contributed by atoms with E-state index in [1.807, 2.05) is 0 Å². The van der Waals surface area contributed by atoms with Crippen molar-refractivity contribution in [3.63, 3.8) is 0 Å². The Morgan fingerprint density at radius 1 is 1.55 bits per heavy atom. The second kappa shape index (κ2) is 6.67. The summed E-state index contributed by atoms with van der Waals surface area (Å²) >= 11 is 1.34. The van der Waals surface area contributed by atoms with Gasteiger partial charge < -0.3 is 14.7 Å². The number of likely N-dealkylation sites (tertiary alicyclic amines) is 1.